The summed E-state index contributed by atoms with van der Waals surface area (Å²) in [4.78, 5) is 0. The third kappa shape index (κ3) is 4.96. The van der Waals surface area contributed by atoms with Gasteiger partial charge in [0, 0.05) is 0 Å². The summed E-state index contributed by atoms with van der Waals surface area (Å²) < 4.78 is 0. The first-order chi connectivity index (χ1) is 25.7. The third-order valence-electron chi connectivity index (χ3n) is 13.0. The normalized spacial score (nSPS) is 12.1. The number of fused-ring (bicyclic) bond motifs is 5. The van der Waals surface area contributed by atoms with Crippen molar-refractivity contribution in [2.75, 3.05) is 0 Å². The molecule has 0 N–H and O–H groups in total. The van der Waals surface area contributed by atoms with Gasteiger partial charge in [-0.2, -0.15) is 0 Å². The second-order valence-corrected chi connectivity index (χ2v) is 15.4. The first kappa shape index (κ1) is 33.1. The molecular weight excluding hydrogens is 637 g/mol. The Morgan fingerprint density at radius 3 is 1.15 bits per heavy atom. The van der Waals surface area contributed by atoms with Crippen molar-refractivity contribution >= 4 is 21.5 Å². The first-order valence-electron chi connectivity index (χ1n) is 19.1. The summed E-state index contributed by atoms with van der Waals surface area (Å²) in [6.45, 7) is 18.7. The number of hydrogen-bond acceptors (Lipinski definition) is 0. The highest BCUT2D eigenvalue weighted by molar-refractivity contribution is 6.26. The molecule has 0 nitrogen and oxygen atoms in total. The van der Waals surface area contributed by atoms with E-state index in [1.54, 1.807) is 0 Å². The lowest BCUT2D eigenvalue weighted by Gasteiger charge is -2.28. The third-order valence-corrected chi connectivity index (χ3v) is 13.0. The number of aryl methyl sites for hydroxylation is 4. The van der Waals surface area contributed by atoms with Gasteiger partial charge in [0.1, 0.15) is 0 Å². The zero-order valence-corrected chi connectivity index (χ0v) is 32.3. The Morgan fingerprint density at radius 2 is 0.642 bits per heavy atom. The minimum absolute atomic E-state index is 0.987. The van der Waals surface area contributed by atoms with Gasteiger partial charge >= 0.3 is 0 Å². The molecule has 1 aliphatic rings. The summed E-state index contributed by atoms with van der Waals surface area (Å²) in [7, 11) is 0. The van der Waals surface area contributed by atoms with Crippen molar-refractivity contribution in [3.05, 3.63) is 177 Å². The van der Waals surface area contributed by atoms with Crippen molar-refractivity contribution in [1.82, 2.24) is 0 Å². The van der Waals surface area contributed by atoms with Gasteiger partial charge < -0.3 is 0 Å². The smallest absolute Gasteiger partial charge is 0.00132 e. The second kappa shape index (κ2) is 12.5. The Hall–Kier alpha value is -5.72. The van der Waals surface area contributed by atoms with Crippen LogP contribution in [0.4, 0.5) is 0 Å². The van der Waals surface area contributed by atoms with Gasteiger partial charge in [-0.15, -0.1) is 0 Å². The van der Waals surface area contributed by atoms with E-state index in [2.05, 4.69) is 177 Å². The van der Waals surface area contributed by atoms with Gasteiger partial charge in [-0.05, 0) is 195 Å². The monoisotopic (exact) mass is 682 g/mol. The van der Waals surface area contributed by atoms with Crippen molar-refractivity contribution in [1.29, 1.82) is 0 Å². The lowest BCUT2D eigenvalue weighted by atomic mass is 9.76. The Morgan fingerprint density at radius 1 is 0.264 bits per heavy atom. The van der Waals surface area contributed by atoms with E-state index >= 15 is 0 Å². The molecular formula is C53H46. The molecule has 0 heteroatoms. The molecule has 0 saturated heterocycles. The molecule has 0 atom stereocenters. The SMILES string of the molecule is Cc1c(C)c(C)c2c(-c3cccc4c3-c3ccccc3C4)c3c(C)c(C)c(C)c(C)c3c(-c3ccc(-c4ccc(-c5ccccc5)cc4)cc3)c2c1C. The van der Waals surface area contributed by atoms with Crippen LogP contribution in [0.3, 0.4) is 0 Å². The molecule has 0 fully saturated rings. The fraction of sp³-hybridized carbons (Fsp3) is 0.170. The Kier molecular flexibility index (Phi) is 7.79. The summed E-state index contributed by atoms with van der Waals surface area (Å²) in [5.41, 5.74) is 27.1. The molecule has 0 unspecified atom stereocenters. The molecule has 0 heterocycles. The summed E-state index contributed by atoms with van der Waals surface area (Å²) >= 11 is 0. The number of rotatable bonds is 4. The van der Waals surface area contributed by atoms with Gasteiger partial charge in [-0.1, -0.05) is 121 Å². The first-order valence-corrected chi connectivity index (χ1v) is 19.1. The minimum Gasteiger partial charge on any atom is -0.0622 e. The molecule has 0 radical (unpaired) electrons. The van der Waals surface area contributed by atoms with Crippen molar-refractivity contribution in [2.24, 2.45) is 0 Å². The maximum atomic E-state index is 2.40. The predicted molar refractivity (Wildman–Crippen MR) is 229 cm³/mol. The van der Waals surface area contributed by atoms with Crippen LogP contribution >= 0.6 is 0 Å². The maximum absolute atomic E-state index is 2.40. The average molecular weight is 683 g/mol. The zero-order valence-electron chi connectivity index (χ0n) is 32.3. The van der Waals surface area contributed by atoms with Crippen molar-refractivity contribution in [3.63, 3.8) is 0 Å². The molecule has 0 aliphatic heterocycles. The van der Waals surface area contributed by atoms with Crippen molar-refractivity contribution < 1.29 is 0 Å². The lowest BCUT2D eigenvalue weighted by Crippen LogP contribution is -2.04. The van der Waals surface area contributed by atoms with E-state index in [0.717, 1.165) is 6.42 Å². The fourth-order valence-electron chi connectivity index (χ4n) is 9.40. The van der Waals surface area contributed by atoms with E-state index < -0.39 is 0 Å². The highest BCUT2D eigenvalue weighted by Gasteiger charge is 2.29. The van der Waals surface area contributed by atoms with E-state index in [0.29, 0.717) is 0 Å². The summed E-state index contributed by atoms with van der Waals surface area (Å²) in [5.74, 6) is 0. The summed E-state index contributed by atoms with van der Waals surface area (Å²) in [6.07, 6.45) is 0.987. The topological polar surface area (TPSA) is 0 Å². The zero-order chi connectivity index (χ0) is 36.7. The molecule has 258 valence electrons. The molecule has 0 aromatic heterocycles. The molecule has 0 spiro atoms. The van der Waals surface area contributed by atoms with Gasteiger partial charge in [-0.25, -0.2) is 0 Å². The highest BCUT2D eigenvalue weighted by atomic mass is 14.3. The molecule has 8 aromatic carbocycles. The maximum Gasteiger partial charge on any atom is -0.00132 e. The number of benzene rings is 8. The largest absolute Gasteiger partial charge is 0.0622 e. The molecule has 0 bridgehead atoms. The quantitative estimate of drug-likeness (QED) is 0.162. The average Bonchev–Trinajstić information content (AvgIpc) is 3.59. The van der Waals surface area contributed by atoms with Crippen molar-refractivity contribution in [3.8, 4) is 55.6 Å². The van der Waals surface area contributed by atoms with Crippen LogP contribution in [-0.4, -0.2) is 0 Å². The van der Waals surface area contributed by atoms with Gasteiger partial charge in [0.25, 0.3) is 0 Å². The van der Waals surface area contributed by atoms with Gasteiger partial charge in [0.15, 0.2) is 0 Å². The standard InChI is InChI=1S/C53H46/c1-30-32(3)36(7)49-47(34(30)5)52(42-27-25-41(26-28-42)40-23-21-39(22-24-40)38-15-10-9-11-16-38)48-35(6)31(2)33(4)37(8)50(48)53(49)46-20-14-18-44-29-43-17-12-13-19-45(43)51(44)46/h9-28H,29H2,1-8H3. The lowest BCUT2D eigenvalue weighted by molar-refractivity contribution is 1.24. The molecule has 53 heavy (non-hydrogen) atoms. The van der Waals surface area contributed by atoms with E-state index in [9.17, 15) is 0 Å². The number of hydrogen-bond donors (Lipinski definition) is 0. The second-order valence-electron chi connectivity index (χ2n) is 15.4. The van der Waals surface area contributed by atoms with Crippen LogP contribution in [-0.2, 0) is 6.42 Å². The highest BCUT2D eigenvalue weighted by Crippen LogP contribution is 2.53. The summed E-state index contributed by atoms with van der Waals surface area (Å²) in [6, 6.07) is 45.1. The van der Waals surface area contributed by atoms with E-state index in [-0.39, 0.29) is 0 Å². The van der Waals surface area contributed by atoms with Crippen LogP contribution in [0, 0.1) is 55.4 Å². The Labute approximate surface area is 314 Å². The molecule has 0 saturated carbocycles. The van der Waals surface area contributed by atoms with Gasteiger partial charge in [0.05, 0.1) is 0 Å². The van der Waals surface area contributed by atoms with Crippen LogP contribution in [0.2, 0.25) is 0 Å². The van der Waals surface area contributed by atoms with E-state index in [1.807, 2.05) is 0 Å². The molecule has 8 aromatic rings. The van der Waals surface area contributed by atoms with Crippen molar-refractivity contribution in [2.45, 2.75) is 61.8 Å². The molecule has 9 rings (SSSR count). The minimum atomic E-state index is 0.987. The van der Waals surface area contributed by atoms with Crippen LogP contribution in [0.15, 0.2) is 121 Å². The molecule has 1 aliphatic carbocycles. The fourth-order valence-corrected chi connectivity index (χ4v) is 9.40. The molecule has 0 amide bonds. The van der Waals surface area contributed by atoms with Crippen LogP contribution in [0.1, 0.15) is 55.6 Å². The van der Waals surface area contributed by atoms with E-state index in [4.69, 9.17) is 0 Å². The van der Waals surface area contributed by atoms with Crippen LogP contribution in [0.5, 0.6) is 0 Å². The van der Waals surface area contributed by atoms with E-state index in [1.165, 1.54) is 133 Å². The predicted octanol–water partition coefficient (Wildman–Crippen LogP) is 14.7. The Bertz CT molecular complexity index is 2690. The van der Waals surface area contributed by atoms with Crippen LogP contribution < -0.4 is 0 Å². The van der Waals surface area contributed by atoms with Gasteiger partial charge in [0.2, 0.25) is 0 Å². The van der Waals surface area contributed by atoms with Crippen LogP contribution in [0.25, 0.3) is 77.2 Å². The Balaban J connectivity index is 1.36. The van der Waals surface area contributed by atoms with Gasteiger partial charge in [-0.3, -0.25) is 0 Å². The summed E-state index contributed by atoms with van der Waals surface area (Å²) in [5, 5.41) is 5.58.